The molecule has 2 unspecified atom stereocenters. The zero-order chi connectivity index (χ0) is 7.72. The van der Waals surface area contributed by atoms with E-state index in [2.05, 4.69) is 4.74 Å². The van der Waals surface area contributed by atoms with Gasteiger partial charge < -0.3 is 25.2 Å². The first-order chi connectivity index (χ1) is 4.63. The second-order valence-electron chi connectivity index (χ2n) is 2.27. The van der Waals surface area contributed by atoms with Gasteiger partial charge in [0.1, 0.15) is 18.3 Å². The van der Waals surface area contributed by atoms with Crippen LogP contribution in [-0.4, -0.2) is 51.6 Å². The number of aliphatic hydroxyl groups is 4. The molecule has 0 aromatic rings. The average molecular weight is 150 g/mol. The molecule has 4 atom stereocenters. The zero-order valence-corrected chi connectivity index (χ0v) is 5.21. The Morgan fingerprint density at radius 2 is 1.60 bits per heavy atom. The highest BCUT2D eigenvalue weighted by Crippen LogP contribution is 2.12. The molecule has 1 rings (SSSR count). The van der Waals surface area contributed by atoms with Crippen molar-refractivity contribution in [1.29, 1.82) is 0 Å². The maximum atomic E-state index is 8.88. The molecule has 0 spiro atoms. The molecule has 60 valence electrons. The molecular weight excluding hydrogens is 140 g/mol. The molecule has 1 fully saturated rings. The van der Waals surface area contributed by atoms with E-state index in [0.29, 0.717) is 0 Å². The van der Waals surface area contributed by atoms with Crippen molar-refractivity contribution in [3.8, 4) is 0 Å². The van der Waals surface area contributed by atoms with Crippen LogP contribution in [0.1, 0.15) is 0 Å². The summed E-state index contributed by atoms with van der Waals surface area (Å²) < 4.78 is 4.47. The molecule has 0 aliphatic carbocycles. The molecule has 1 aliphatic rings. The molecule has 0 radical (unpaired) electrons. The number of hydrogen-bond donors (Lipinski definition) is 4. The van der Waals surface area contributed by atoms with Crippen LogP contribution in [-0.2, 0) is 4.74 Å². The van der Waals surface area contributed by atoms with Crippen molar-refractivity contribution in [3.63, 3.8) is 0 Å². The molecule has 1 heterocycles. The third-order valence-corrected chi connectivity index (χ3v) is 1.47. The SMILES string of the molecule is OC1COC(O)[C@H](O)[C@@H]1O. The molecule has 1 aliphatic heterocycles. The van der Waals surface area contributed by atoms with Gasteiger partial charge in [0.2, 0.25) is 0 Å². The van der Waals surface area contributed by atoms with E-state index < -0.39 is 24.6 Å². The van der Waals surface area contributed by atoms with Crippen LogP contribution < -0.4 is 0 Å². The van der Waals surface area contributed by atoms with Crippen LogP contribution in [0.15, 0.2) is 0 Å². The maximum Gasteiger partial charge on any atom is 0.183 e. The van der Waals surface area contributed by atoms with Gasteiger partial charge >= 0.3 is 0 Å². The summed E-state index contributed by atoms with van der Waals surface area (Å²) in [5, 5.41) is 35.3. The zero-order valence-electron chi connectivity index (χ0n) is 5.21. The molecular formula is C5H10O5. The van der Waals surface area contributed by atoms with Crippen molar-refractivity contribution < 1.29 is 25.2 Å². The molecule has 10 heavy (non-hydrogen) atoms. The van der Waals surface area contributed by atoms with Crippen LogP contribution in [0, 0.1) is 0 Å². The second kappa shape index (κ2) is 2.81. The Balaban J connectivity index is 2.52. The van der Waals surface area contributed by atoms with E-state index in [9.17, 15) is 0 Å². The molecule has 5 nitrogen and oxygen atoms in total. The lowest BCUT2D eigenvalue weighted by atomic mass is 10.1. The number of aliphatic hydroxyl groups excluding tert-OH is 4. The number of hydrogen-bond acceptors (Lipinski definition) is 5. The Hall–Kier alpha value is -0.200. The van der Waals surface area contributed by atoms with Gasteiger partial charge in [-0.1, -0.05) is 0 Å². The summed E-state index contributed by atoms with van der Waals surface area (Å²) in [6.45, 7) is -0.153. The van der Waals surface area contributed by atoms with Crippen LogP contribution in [0.3, 0.4) is 0 Å². The topological polar surface area (TPSA) is 90.2 Å². The number of ether oxygens (including phenoxy) is 1. The predicted octanol–water partition coefficient (Wildman–Crippen LogP) is -2.58. The van der Waals surface area contributed by atoms with E-state index in [1.807, 2.05) is 0 Å². The van der Waals surface area contributed by atoms with Crippen molar-refractivity contribution in [2.24, 2.45) is 0 Å². The van der Waals surface area contributed by atoms with E-state index in [1.54, 1.807) is 0 Å². The third kappa shape index (κ3) is 1.28. The first-order valence-corrected chi connectivity index (χ1v) is 2.97. The van der Waals surface area contributed by atoms with Crippen LogP contribution in [0.4, 0.5) is 0 Å². The van der Waals surface area contributed by atoms with Crippen LogP contribution in [0.5, 0.6) is 0 Å². The van der Waals surface area contributed by atoms with E-state index in [1.165, 1.54) is 0 Å². The van der Waals surface area contributed by atoms with Crippen LogP contribution in [0.25, 0.3) is 0 Å². The molecule has 0 aromatic heterocycles. The fourth-order valence-electron chi connectivity index (χ4n) is 0.791. The minimum absolute atomic E-state index is 0.153. The predicted molar refractivity (Wildman–Crippen MR) is 30.0 cm³/mol. The van der Waals surface area contributed by atoms with E-state index in [0.717, 1.165) is 0 Å². The Morgan fingerprint density at radius 3 is 2.10 bits per heavy atom. The normalized spacial score (nSPS) is 49.2. The Morgan fingerprint density at radius 1 is 1.00 bits per heavy atom. The summed E-state index contributed by atoms with van der Waals surface area (Å²) in [6.07, 6.45) is -5.23. The fourth-order valence-corrected chi connectivity index (χ4v) is 0.791. The monoisotopic (exact) mass is 150 g/mol. The fraction of sp³-hybridized carbons (Fsp3) is 1.00. The Labute approximate surface area is 57.5 Å². The summed E-state index contributed by atoms with van der Waals surface area (Å²) in [4.78, 5) is 0. The van der Waals surface area contributed by atoms with Gasteiger partial charge in [0.05, 0.1) is 6.61 Å². The molecule has 0 aromatic carbocycles. The van der Waals surface area contributed by atoms with Crippen molar-refractivity contribution in [3.05, 3.63) is 0 Å². The molecule has 5 heteroatoms. The minimum Gasteiger partial charge on any atom is -0.388 e. The van der Waals surface area contributed by atoms with Crippen LogP contribution in [0.2, 0.25) is 0 Å². The molecule has 0 saturated carbocycles. The van der Waals surface area contributed by atoms with Crippen molar-refractivity contribution in [2.75, 3.05) is 6.61 Å². The summed E-state index contributed by atoms with van der Waals surface area (Å²) in [5.41, 5.74) is 0. The lowest BCUT2D eigenvalue weighted by molar-refractivity contribution is -0.252. The van der Waals surface area contributed by atoms with Crippen molar-refractivity contribution in [1.82, 2.24) is 0 Å². The molecule has 0 bridgehead atoms. The molecule has 0 amide bonds. The van der Waals surface area contributed by atoms with E-state index >= 15 is 0 Å². The maximum absolute atomic E-state index is 8.88. The molecule has 4 N–H and O–H groups in total. The van der Waals surface area contributed by atoms with Crippen molar-refractivity contribution >= 4 is 0 Å². The molecule has 1 saturated heterocycles. The van der Waals surface area contributed by atoms with Crippen molar-refractivity contribution in [2.45, 2.75) is 24.6 Å². The minimum atomic E-state index is -1.41. The quantitative estimate of drug-likeness (QED) is 0.304. The van der Waals surface area contributed by atoms with Gasteiger partial charge in [-0.25, -0.2) is 0 Å². The van der Waals surface area contributed by atoms with Gasteiger partial charge in [-0.05, 0) is 0 Å². The van der Waals surface area contributed by atoms with Gasteiger partial charge in [-0.3, -0.25) is 0 Å². The van der Waals surface area contributed by atoms with E-state index in [-0.39, 0.29) is 6.61 Å². The summed E-state index contributed by atoms with van der Waals surface area (Å²) in [6, 6.07) is 0. The first-order valence-electron chi connectivity index (χ1n) is 2.97. The Bertz CT molecular complexity index is 103. The van der Waals surface area contributed by atoms with Gasteiger partial charge in [0.15, 0.2) is 6.29 Å². The summed E-state index contributed by atoms with van der Waals surface area (Å²) in [5.74, 6) is 0. The summed E-state index contributed by atoms with van der Waals surface area (Å²) >= 11 is 0. The van der Waals surface area contributed by atoms with Gasteiger partial charge in [0, 0.05) is 0 Å². The third-order valence-electron chi connectivity index (χ3n) is 1.47. The lowest BCUT2D eigenvalue weighted by Crippen LogP contribution is -2.52. The standard InChI is InChI=1S/C5H10O5/c6-2-1-10-5(9)4(8)3(2)7/h2-9H,1H2/t2?,3-,4-,5?/m1/s1. The van der Waals surface area contributed by atoms with E-state index in [4.69, 9.17) is 20.4 Å². The Kier molecular flexibility index (Phi) is 2.22. The van der Waals surface area contributed by atoms with Gasteiger partial charge in [0.25, 0.3) is 0 Å². The van der Waals surface area contributed by atoms with Crippen LogP contribution >= 0.6 is 0 Å². The highest BCUT2D eigenvalue weighted by Gasteiger charge is 2.36. The highest BCUT2D eigenvalue weighted by atomic mass is 16.6. The highest BCUT2D eigenvalue weighted by molar-refractivity contribution is 4.81. The largest absolute Gasteiger partial charge is 0.388 e. The van der Waals surface area contributed by atoms with Gasteiger partial charge in [-0.15, -0.1) is 0 Å². The lowest BCUT2D eigenvalue weighted by Gasteiger charge is -2.31. The average Bonchev–Trinajstić information content (AvgIpc) is 1.93. The first kappa shape index (κ1) is 7.90. The smallest absolute Gasteiger partial charge is 0.183 e. The number of rotatable bonds is 0. The van der Waals surface area contributed by atoms with Gasteiger partial charge in [-0.2, -0.15) is 0 Å². The second-order valence-corrected chi connectivity index (χ2v) is 2.27. The summed E-state index contributed by atoms with van der Waals surface area (Å²) in [7, 11) is 0.